The minimum Gasteiger partial charge on any atom is -0.356 e. The summed E-state index contributed by atoms with van der Waals surface area (Å²) in [5.74, 6) is -0.302. The molecule has 0 atom stereocenters. The highest BCUT2D eigenvalue weighted by molar-refractivity contribution is 7.88. The van der Waals surface area contributed by atoms with Crippen LogP contribution in [0.25, 0.3) is 11.0 Å². The second-order valence-corrected chi connectivity index (χ2v) is 4.55. The van der Waals surface area contributed by atoms with Gasteiger partial charge in [-0.15, -0.1) is 0 Å². The van der Waals surface area contributed by atoms with Crippen LogP contribution in [0.4, 0.5) is 0 Å². The van der Waals surface area contributed by atoms with E-state index < -0.39 is 10.0 Å². The van der Waals surface area contributed by atoms with Gasteiger partial charge >= 0.3 is 0 Å². The van der Waals surface area contributed by atoms with E-state index >= 15 is 0 Å². The van der Waals surface area contributed by atoms with E-state index in [0.29, 0.717) is 16.7 Å². The molecule has 2 rings (SSSR count). The third-order valence-corrected chi connectivity index (χ3v) is 2.47. The first-order valence-corrected chi connectivity index (χ1v) is 5.61. The minimum absolute atomic E-state index is 0.302. The van der Waals surface area contributed by atoms with Crippen molar-refractivity contribution in [1.82, 2.24) is 5.16 Å². The van der Waals surface area contributed by atoms with Crippen molar-refractivity contribution in [1.29, 1.82) is 0 Å². The van der Waals surface area contributed by atoms with E-state index in [-0.39, 0.29) is 5.75 Å². The Morgan fingerprint density at radius 1 is 1.36 bits per heavy atom. The van der Waals surface area contributed by atoms with Crippen LogP contribution in [0.15, 0.2) is 28.8 Å². The molecule has 0 radical (unpaired) electrons. The summed E-state index contributed by atoms with van der Waals surface area (Å²) in [7, 11) is -3.56. The Hall–Kier alpha value is -1.40. The standard InChI is InChI=1S/C8H8N2O3S/c9-14(11,12)5-7-6-3-1-2-4-8(6)13-10-7/h1-4H,5H2,(H2,9,11,12)/i5+1,7+1,9+1. The van der Waals surface area contributed by atoms with E-state index in [2.05, 4.69) is 5.16 Å². The zero-order chi connectivity index (χ0) is 10.2. The molecule has 0 amide bonds. The van der Waals surface area contributed by atoms with Crippen LogP contribution in [0.1, 0.15) is 5.69 Å². The maximum atomic E-state index is 10.8. The van der Waals surface area contributed by atoms with Crippen LogP contribution in [0.5, 0.6) is 0 Å². The van der Waals surface area contributed by atoms with Crippen LogP contribution in [-0.2, 0) is 15.8 Å². The predicted octanol–water partition coefficient (Wildman–Crippen LogP) is 0.616. The Morgan fingerprint density at radius 2 is 2.07 bits per heavy atom. The lowest BCUT2D eigenvalue weighted by atomic mass is 10.3. The van der Waals surface area contributed by atoms with Crippen LogP contribution >= 0.6 is 0 Å². The smallest absolute Gasteiger partial charge is 0.214 e. The van der Waals surface area contributed by atoms with Crippen molar-refractivity contribution in [3.05, 3.63) is 30.0 Å². The van der Waals surface area contributed by atoms with Gasteiger partial charge in [0.1, 0.15) is 11.4 Å². The number of hydrogen-bond donors (Lipinski definition) is 1. The van der Waals surface area contributed by atoms with Crippen LogP contribution < -0.4 is 5.14 Å². The summed E-state index contributed by atoms with van der Waals surface area (Å²) >= 11 is 0. The molecule has 0 aliphatic rings. The summed E-state index contributed by atoms with van der Waals surface area (Å²) in [6, 6.07) is 7.03. The van der Waals surface area contributed by atoms with Crippen molar-refractivity contribution in [2.45, 2.75) is 5.75 Å². The van der Waals surface area contributed by atoms with E-state index in [1.165, 1.54) is 0 Å². The number of aromatic nitrogens is 1. The summed E-state index contributed by atoms with van der Waals surface area (Å²) in [6.07, 6.45) is 0. The van der Waals surface area contributed by atoms with Gasteiger partial charge in [0.2, 0.25) is 10.0 Å². The average molecular weight is 215 g/mol. The first kappa shape index (κ1) is 9.17. The van der Waals surface area contributed by atoms with Crippen molar-refractivity contribution in [2.75, 3.05) is 0 Å². The van der Waals surface area contributed by atoms with Crippen molar-refractivity contribution in [3.63, 3.8) is 0 Å². The Morgan fingerprint density at radius 3 is 2.79 bits per heavy atom. The van der Waals surface area contributed by atoms with Gasteiger partial charge in [0.25, 0.3) is 0 Å². The average Bonchev–Trinajstić information content (AvgIpc) is 2.47. The molecule has 1 aromatic carbocycles. The summed E-state index contributed by atoms with van der Waals surface area (Å²) in [6.45, 7) is 0. The number of para-hydroxylation sites is 1. The Balaban J connectivity index is 2.54. The number of nitrogens with two attached hydrogens (primary N) is 1. The number of benzene rings is 1. The Bertz CT molecular complexity index is 559. The first-order valence-electron chi connectivity index (χ1n) is 3.90. The molecule has 1 heterocycles. The van der Waals surface area contributed by atoms with Crippen molar-refractivity contribution >= 4 is 21.0 Å². The van der Waals surface area contributed by atoms with E-state index in [1.807, 2.05) is 0 Å². The number of hydrogen-bond acceptors (Lipinski definition) is 4. The Labute approximate surface area is 80.5 Å². The molecule has 5 nitrogen and oxygen atoms in total. The molecular formula is C8H8N2O3S. The molecule has 6 heteroatoms. The zero-order valence-electron chi connectivity index (χ0n) is 7.17. The van der Waals surface area contributed by atoms with Gasteiger partial charge in [-0.2, -0.15) is 0 Å². The van der Waals surface area contributed by atoms with E-state index in [0.717, 1.165) is 0 Å². The molecular weight excluding hydrogens is 207 g/mol. The molecule has 0 bridgehead atoms. The molecule has 0 fully saturated rings. The maximum Gasteiger partial charge on any atom is 0.214 e. The normalized spacial score (nSPS) is 12.1. The highest BCUT2D eigenvalue weighted by Gasteiger charge is 2.12. The van der Waals surface area contributed by atoms with Crippen LogP contribution in [0, 0.1) is 0 Å². The molecule has 0 spiro atoms. The monoisotopic (exact) mass is 215 g/mol. The largest absolute Gasteiger partial charge is 0.356 e. The van der Waals surface area contributed by atoms with Gasteiger partial charge in [0.15, 0.2) is 5.58 Å². The van der Waals surface area contributed by atoms with Crippen LogP contribution in [0.2, 0.25) is 0 Å². The molecule has 0 aliphatic heterocycles. The molecule has 2 aromatic rings. The summed E-state index contributed by atoms with van der Waals surface area (Å²) in [4.78, 5) is 0. The van der Waals surface area contributed by atoms with Crippen LogP contribution in [0.3, 0.4) is 0 Å². The van der Waals surface area contributed by atoms with Gasteiger partial charge in [-0.05, 0) is 12.1 Å². The zero-order valence-corrected chi connectivity index (χ0v) is 7.99. The summed E-state index contributed by atoms with van der Waals surface area (Å²) in [5.41, 5.74) is 0.911. The molecule has 0 aliphatic carbocycles. The highest BCUT2D eigenvalue weighted by atomic mass is 32.2. The fourth-order valence-electron chi connectivity index (χ4n) is 1.23. The van der Waals surface area contributed by atoms with Gasteiger partial charge in [0, 0.05) is 5.39 Å². The third kappa shape index (κ3) is 1.75. The lowest BCUT2D eigenvalue weighted by Crippen LogP contribution is -2.14. The topological polar surface area (TPSA) is 86.2 Å². The molecule has 14 heavy (non-hydrogen) atoms. The SMILES string of the molecule is [15NH2]S(=O)(=O)[13CH2][13c]1noc2ccccc21. The van der Waals surface area contributed by atoms with Crippen LogP contribution in [-0.4, -0.2) is 13.6 Å². The predicted molar refractivity (Wildman–Crippen MR) is 50.8 cm³/mol. The highest BCUT2D eigenvalue weighted by Crippen LogP contribution is 2.18. The van der Waals surface area contributed by atoms with Crippen molar-refractivity contribution in [3.8, 4) is 0 Å². The minimum atomic E-state index is -3.56. The molecule has 0 saturated carbocycles. The summed E-state index contributed by atoms with van der Waals surface area (Å²) < 4.78 is 26.6. The van der Waals surface area contributed by atoms with E-state index in [4.69, 9.17) is 9.66 Å². The van der Waals surface area contributed by atoms with Crippen molar-refractivity contribution in [2.24, 2.45) is 5.14 Å². The Kier molecular flexibility index (Phi) is 2.01. The van der Waals surface area contributed by atoms with Gasteiger partial charge in [0.05, 0.1) is 0 Å². The molecule has 0 saturated heterocycles. The molecule has 2 N–H and O–H groups in total. The second-order valence-electron chi connectivity index (χ2n) is 2.93. The van der Waals surface area contributed by atoms with Crippen molar-refractivity contribution < 1.29 is 12.9 Å². The number of sulfonamides is 1. The summed E-state index contributed by atoms with van der Waals surface area (Å²) in [5, 5.41) is 9.24. The lowest BCUT2D eigenvalue weighted by Gasteiger charge is -1.92. The van der Waals surface area contributed by atoms with Gasteiger partial charge in [-0.1, -0.05) is 17.3 Å². The fraction of sp³-hybridized carbons (Fsp3) is 0.125. The first-order chi connectivity index (χ1) is 6.56. The number of nitrogens with zero attached hydrogens (tertiary/aromatic N) is 1. The quantitative estimate of drug-likeness (QED) is 0.587. The van der Waals surface area contributed by atoms with E-state index in [1.54, 1.807) is 24.3 Å². The third-order valence-electron chi connectivity index (χ3n) is 1.79. The fourth-order valence-corrected chi connectivity index (χ4v) is 1.82. The number of fused-ring (bicyclic) bond motifs is 1. The van der Waals surface area contributed by atoms with Gasteiger partial charge in [-0.25, -0.2) is 13.6 Å². The number of rotatable bonds is 2. The molecule has 1 aromatic heterocycles. The van der Waals surface area contributed by atoms with Gasteiger partial charge in [-0.3, -0.25) is 0 Å². The van der Waals surface area contributed by atoms with E-state index in [9.17, 15) is 8.42 Å². The molecule has 74 valence electrons. The second kappa shape index (κ2) is 3.07. The lowest BCUT2D eigenvalue weighted by molar-refractivity contribution is 0.448. The maximum absolute atomic E-state index is 10.8. The van der Waals surface area contributed by atoms with Gasteiger partial charge < -0.3 is 4.52 Å². The molecule has 0 unspecified atom stereocenters. The number of primary sulfonamides is 1.